The van der Waals surface area contributed by atoms with Gasteiger partial charge in [-0.25, -0.2) is 0 Å². The van der Waals surface area contributed by atoms with Crippen LogP contribution in [0.2, 0.25) is 0 Å². The molecule has 1 atom stereocenters. The smallest absolute Gasteiger partial charge is 0.323 e. The first-order valence-corrected chi connectivity index (χ1v) is 5.57. The molecule has 0 bridgehead atoms. The zero-order valence-electron chi connectivity index (χ0n) is 9.24. The Balaban J connectivity index is 2.36. The molecule has 84 valence electrons. The van der Waals surface area contributed by atoms with Crippen LogP contribution in [0.4, 0.5) is 0 Å². The van der Waals surface area contributed by atoms with E-state index in [1.165, 1.54) is 0 Å². The van der Waals surface area contributed by atoms with Gasteiger partial charge < -0.3 is 4.74 Å². The summed E-state index contributed by atoms with van der Waals surface area (Å²) < 4.78 is 5.02. The van der Waals surface area contributed by atoms with Crippen molar-refractivity contribution in [3.05, 3.63) is 0 Å². The van der Waals surface area contributed by atoms with E-state index in [-0.39, 0.29) is 12.0 Å². The largest absolute Gasteiger partial charge is 0.465 e. The number of rotatable bonds is 5. The Morgan fingerprint density at radius 3 is 3.13 bits per heavy atom. The van der Waals surface area contributed by atoms with Crippen LogP contribution in [0.3, 0.4) is 0 Å². The number of likely N-dealkylation sites (tertiary alicyclic amines) is 1. The van der Waals surface area contributed by atoms with E-state index in [1.807, 2.05) is 6.92 Å². The Morgan fingerprint density at radius 2 is 2.47 bits per heavy atom. The lowest BCUT2D eigenvalue weighted by molar-refractivity contribution is -0.148. The van der Waals surface area contributed by atoms with Crippen molar-refractivity contribution in [1.82, 2.24) is 4.90 Å². The van der Waals surface area contributed by atoms with E-state index in [4.69, 9.17) is 10.00 Å². The number of ether oxygens (including phenoxy) is 1. The third kappa shape index (κ3) is 3.52. The van der Waals surface area contributed by atoms with Crippen LogP contribution < -0.4 is 0 Å². The minimum absolute atomic E-state index is 0.0661. The van der Waals surface area contributed by atoms with Crippen LogP contribution in [-0.4, -0.2) is 36.6 Å². The highest BCUT2D eigenvalue weighted by Crippen LogP contribution is 2.18. The van der Waals surface area contributed by atoms with Gasteiger partial charge in [0, 0.05) is 6.42 Å². The van der Waals surface area contributed by atoms with E-state index < -0.39 is 0 Å². The minimum Gasteiger partial charge on any atom is -0.465 e. The molecule has 0 saturated carbocycles. The van der Waals surface area contributed by atoms with Gasteiger partial charge in [0.2, 0.25) is 0 Å². The second-order valence-corrected chi connectivity index (χ2v) is 3.71. The topological polar surface area (TPSA) is 53.3 Å². The lowest BCUT2D eigenvalue weighted by Crippen LogP contribution is -2.37. The first kappa shape index (κ1) is 12.0. The zero-order valence-corrected chi connectivity index (χ0v) is 9.24. The number of hydrogen-bond acceptors (Lipinski definition) is 4. The zero-order chi connectivity index (χ0) is 11.1. The van der Waals surface area contributed by atoms with Crippen LogP contribution in [-0.2, 0) is 9.53 Å². The first-order valence-electron chi connectivity index (χ1n) is 5.57. The van der Waals surface area contributed by atoms with Gasteiger partial charge >= 0.3 is 5.97 Å². The average molecular weight is 210 g/mol. The average Bonchev–Trinajstić information content (AvgIpc) is 2.67. The van der Waals surface area contributed by atoms with Crippen molar-refractivity contribution < 1.29 is 9.53 Å². The standard InChI is InChI=1S/C11H18N2O2/c1-2-15-11(14)10-6-5-9-13(10)8-4-3-7-12/h10H,2-6,8-9H2,1H3/t10-/m0/s1. The number of hydrogen-bond donors (Lipinski definition) is 0. The summed E-state index contributed by atoms with van der Waals surface area (Å²) in [4.78, 5) is 13.7. The molecule has 0 aromatic rings. The number of esters is 1. The fourth-order valence-electron chi connectivity index (χ4n) is 1.96. The number of nitrogens with zero attached hydrogens (tertiary/aromatic N) is 2. The molecule has 1 aliphatic heterocycles. The summed E-state index contributed by atoms with van der Waals surface area (Å²) >= 11 is 0. The highest BCUT2D eigenvalue weighted by atomic mass is 16.5. The molecule has 1 fully saturated rings. The van der Waals surface area contributed by atoms with E-state index in [2.05, 4.69) is 11.0 Å². The van der Waals surface area contributed by atoms with Gasteiger partial charge in [-0.1, -0.05) is 0 Å². The minimum atomic E-state index is -0.105. The van der Waals surface area contributed by atoms with Crippen molar-refractivity contribution >= 4 is 5.97 Å². The second-order valence-electron chi connectivity index (χ2n) is 3.71. The van der Waals surface area contributed by atoms with E-state index in [0.717, 1.165) is 32.4 Å². The van der Waals surface area contributed by atoms with Crippen molar-refractivity contribution in [3.63, 3.8) is 0 Å². The Hall–Kier alpha value is -1.08. The van der Waals surface area contributed by atoms with Crippen LogP contribution in [0.5, 0.6) is 0 Å². The highest BCUT2D eigenvalue weighted by Gasteiger charge is 2.30. The van der Waals surface area contributed by atoms with E-state index >= 15 is 0 Å². The lowest BCUT2D eigenvalue weighted by atomic mass is 10.2. The van der Waals surface area contributed by atoms with Crippen molar-refractivity contribution in [2.24, 2.45) is 0 Å². The summed E-state index contributed by atoms with van der Waals surface area (Å²) in [5.74, 6) is -0.105. The Morgan fingerprint density at radius 1 is 1.67 bits per heavy atom. The summed E-state index contributed by atoms with van der Waals surface area (Å²) in [6.07, 6.45) is 3.35. The quantitative estimate of drug-likeness (QED) is 0.507. The summed E-state index contributed by atoms with van der Waals surface area (Å²) in [5.41, 5.74) is 0. The Bertz CT molecular complexity index is 247. The molecule has 0 aromatic heterocycles. The second kappa shape index (κ2) is 6.41. The Kier molecular flexibility index (Phi) is 5.13. The molecule has 1 heterocycles. The molecule has 0 aromatic carbocycles. The lowest BCUT2D eigenvalue weighted by Gasteiger charge is -2.21. The third-order valence-electron chi connectivity index (χ3n) is 2.66. The third-order valence-corrected chi connectivity index (χ3v) is 2.66. The van der Waals surface area contributed by atoms with Gasteiger partial charge in [0.15, 0.2) is 0 Å². The van der Waals surface area contributed by atoms with Gasteiger partial charge in [0.1, 0.15) is 6.04 Å². The molecular formula is C11H18N2O2. The molecule has 1 rings (SSSR count). The SMILES string of the molecule is CCOC(=O)[C@@H]1CCCN1CCCC#N. The molecule has 4 nitrogen and oxygen atoms in total. The molecule has 15 heavy (non-hydrogen) atoms. The van der Waals surface area contributed by atoms with Gasteiger partial charge in [0.25, 0.3) is 0 Å². The molecule has 4 heteroatoms. The normalized spacial score (nSPS) is 21.2. The van der Waals surface area contributed by atoms with Crippen LogP contribution in [0.1, 0.15) is 32.6 Å². The van der Waals surface area contributed by atoms with E-state index in [1.54, 1.807) is 0 Å². The summed E-state index contributed by atoms with van der Waals surface area (Å²) in [6, 6.07) is 2.05. The fraction of sp³-hybridized carbons (Fsp3) is 0.818. The molecule has 1 saturated heterocycles. The molecule has 0 aliphatic carbocycles. The van der Waals surface area contributed by atoms with Crippen molar-refractivity contribution in [1.29, 1.82) is 5.26 Å². The van der Waals surface area contributed by atoms with Crippen molar-refractivity contribution in [2.45, 2.75) is 38.6 Å². The number of carbonyl (C=O) groups is 1. The highest BCUT2D eigenvalue weighted by molar-refractivity contribution is 5.76. The summed E-state index contributed by atoms with van der Waals surface area (Å²) in [6.45, 7) is 4.06. The number of carbonyl (C=O) groups excluding carboxylic acids is 1. The van der Waals surface area contributed by atoms with Crippen LogP contribution in [0, 0.1) is 11.3 Å². The number of nitriles is 1. The van der Waals surface area contributed by atoms with Crippen molar-refractivity contribution in [3.8, 4) is 6.07 Å². The van der Waals surface area contributed by atoms with Gasteiger partial charge in [-0.05, 0) is 39.3 Å². The molecule has 0 N–H and O–H groups in total. The van der Waals surface area contributed by atoms with Gasteiger partial charge in [-0.2, -0.15) is 5.26 Å². The maximum Gasteiger partial charge on any atom is 0.323 e. The molecule has 1 aliphatic rings. The predicted molar refractivity (Wildman–Crippen MR) is 56.1 cm³/mol. The molecule has 0 spiro atoms. The van der Waals surface area contributed by atoms with Gasteiger partial charge in [-0.15, -0.1) is 0 Å². The monoisotopic (exact) mass is 210 g/mol. The predicted octanol–water partition coefficient (Wildman–Crippen LogP) is 1.32. The first-order chi connectivity index (χ1) is 7.29. The maximum absolute atomic E-state index is 11.6. The molecule has 0 unspecified atom stereocenters. The molecule has 0 radical (unpaired) electrons. The number of unbranched alkanes of at least 4 members (excludes halogenated alkanes) is 1. The van der Waals surface area contributed by atoms with Gasteiger partial charge in [0.05, 0.1) is 12.7 Å². The summed E-state index contributed by atoms with van der Waals surface area (Å²) in [7, 11) is 0. The van der Waals surface area contributed by atoms with E-state index in [0.29, 0.717) is 13.0 Å². The van der Waals surface area contributed by atoms with Crippen LogP contribution in [0.15, 0.2) is 0 Å². The summed E-state index contributed by atoms with van der Waals surface area (Å²) in [5, 5.41) is 8.44. The fourth-order valence-corrected chi connectivity index (χ4v) is 1.96. The van der Waals surface area contributed by atoms with E-state index in [9.17, 15) is 4.79 Å². The molecular weight excluding hydrogens is 192 g/mol. The van der Waals surface area contributed by atoms with Crippen LogP contribution >= 0.6 is 0 Å². The van der Waals surface area contributed by atoms with Crippen LogP contribution in [0.25, 0.3) is 0 Å². The Labute approximate surface area is 90.8 Å². The molecule has 0 amide bonds. The maximum atomic E-state index is 11.6. The van der Waals surface area contributed by atoms with Gasteiger partial charge in [-0.3, -0.25) is 9.69 Å². The van der Waals surface area contributed by atoms with Crippen molar-refractivity contribution in [2.75, 3.05) is 19.7 Å².